The average molecular weight is 1210 g/mol. The number of pyridine rings is 3. The van der Waals surface area contributed by atoms with E-state index >= 15 is 0 Å². The minimum Gasteiger partial charge on any atom is -0.431 e. The quantitative estimate of drug-likeness (QED) is 0.0459. The standard InChI is InChI=1S/C20H18ClFN4O3.C20H18F2N4O3.C20H20FN5O3/c1-3-18(27)26(2)15-6-5-13(8-14(15)22)20-25-11-16(29-20)19(28)24-10-12-4-7-17(21)23-9-12;2*1-3-18(27)26(2)15-6-5-13(8-14(15)21)20-25-11-16(29-20)19(28)24-10-12-4-7-17(22)23-9-12/h2*4-9,11H,3,10H2,1-2H3,(H,24,28);4-9,11H,3,10H2,1-2H3,(H2,22,23)(H,24,28). The number of hydrogen-bond donors (Lipinski definition) is 4. The number of benzene rings is 3. The van der Waals surface area contributed by atoms with Crippen molar-refractivity contribution >= 4 is 69.9 Å². The molecule has 9 aromatic rings. The van der Waals surface area contributed by atoms with Crippen LogP contribution < -0.4 is 36.4 Å². The lowest BCUT2D eigenvalue weighted by atomic mass is 10.2. The summed E-state index contributed by atoms with van der Waals surface area (Å²) >= 11 is 5.72. The van der Waals surface area contributed by atoms with Gasteiger partial charge in [0.05, 0.1) is 35.7 Å². The van der Waals surface area contributed by atoms with Gasteiger partial charge in [0.2, 0.25) is 58.6 Å². The van der Waals surface area contributed by atoms with Crippen molar-refractivity contribution in [1.82, 2.24) is 45.9 Å². The number of nitrogen functional groups attached to an aromatic ring is 1. The second-order valence-corrected chi connectivity index (χ2v) is 19.0. The molecule has 0 atom stereocenters. The number of rotatable bonds is 18. The first-order valence-electron chi connectivity index (χ1n) is 26.5. The maximum atomic E-state index is 14.4. The third-order valence-electron chi connectivity index (χ3n) is 12.7. The molecule has 9 rings (SSSR count). The van der Waals surface area contributed by atoms with Crippen LogP contribution in [0.1, 0.15) is 88.4 Å². The molecule has 6 aromatic heterocycles. The van der Waals surface area contributed by atoms with E-state index in [0.29, 0.717) is 33.2 Å². The van der Waals surface area contributed by atoms with Crippen LogP contribution in [0, 0.1) is 23.4 Å². The molecule has 0 bridgehead atoms. The van der Waals surface area contributed by atoms with E-state index in [4.69, 9.17) is 30.6 Å². The SMILES string of the molecule is CCC(=O)N(C)c1ccc(-c2ncc(C(=O)NCc3ccc(Cl)nc3)o2)cc1F.CCC(=O)N(C)c1ccc(-c2ncc(C(=O)NCc3ccc(F)nc3)o2)cc1F.CCC(=O)N(C)c1ccc(-c2ncc(C(=O)NCc3ccc(N)nc3)o2)cc1F. The average Bonchev–Trinajstić information content (AvgIpc) is 3.26. The van der Waals surface area contributed by atoms with Gasteiger partial charge in [-0.25, -0.2) is 43.1 Å². The van der Waals surface area contributed by atoms with Gasteiger partial charge in [0.25, 0.3) is 17.7 Å². The number of aromatic nitrogens is 6. The fourth-order valence-electron chi connectivity index (χ4n) is 7.76. The summed E-state index contributed by atoms with van der Waals surface area (Å²) < 4.78 is 72.4. The number of anilines is 4. The van der Waals surface area contributed by atoms with Crippen LogP contribution >= 0.6 is 11.6 Å². The highest BCUT2D eigenvalue weighted by Crippen LogP contribution is 2.30. The predicted molar refractivity (Wildman–Crippen MR) is 312 cm³/mol. The molecule has 0 saturated heterocycles. The molecule has 5 N–H and O–H groups in total. The van der Waals surface area contributed by atoms with Crippen LogP contribution in [-0.2, 0) is 34.0 Å². The normalized spacial score (nSPS) is 10.6. The van der Waals surface area contributed by atoms with Crippen LogP contribution in [0.25, 0.3) is 34.4 Å². The fraction of sp³-hybridized carbons (Fsp3) is 0.200. The molecule has 0 spiro atoms. The number of hydrogen-bond acceptors (Lipinski definition) is 16. The van der Waals surface area contributed by atoms with E-state index in [9.17, 15) is 46.3 Å². The topological polar surface area (TPSA) is 291 Å². The van der Waals surface area contributed by atoms with Gasteiger partial charge in [-0.1, -0.05) is 50.6 Å². The van der Waals surface area contributed by atoms with Crippen molar-refractivity contribution < 1.29 is 59.6 Å². The molecule has 0 unspecified atom stereocenters. The molecule has 0 saturated carbocycles. The molecule has 450 valence electrons. The monoisotopic (exact) mass is 1210 g/mol. The third kappa shape index (κ3) is 17.0. The summed E-state index contributed by atoms with van der Waals surface area (Å²) in [6.45, 7) is 5.70. The third-order valence-corrected chi connectivity index (χ3v) is 12.9. The molecule has 0 radical (unpaired) electrons. The van der Waals surface area contributed by atoms with Gasteiger partial charge in [-0.3, -0.25) is 28.8 Å². The van der Waals surface area contributed by atoms with Gasteiger partial charge in [0, 0.05) is 95.3 Å². The zero-order chi connectivity index (χ0) is 62.9. The molecule has 87 heavy (non-hydrogen) atoms. The molecule has 0 aliphatic carbocycles. The molecular weight excluding hydrogens is 1160 g/mol. The summed E-state index contributed by atoms with van der Waals surface area (Å²) in [5.41, 5.74) is 9.15. The van der Waals surface area contributed by atoms with Crippen LogP contribution in [0.5, 0.6) is 0 Å². The first-order chi connectivity index (χ1) is 41.7. The first-order valence-corrected chi connectivity index (χ1v) is 26.9. The van der Waals surface area contributed by atoms with E-state index in [1.807, 2.05) is 0 Å². The van der Waals surface area contributed by atoms with Crippen LogP contribution in [-0.4, -0.2) is 86.5 Å². The highest BCUT2D eigenvalue weighted by molar-refractivity contribution is 6.29. The smallest absolute Gasteiger partial charge is 0.288 e. The van der Waals surface area contributed by atoms with Crippen LogP contribution in [0.4, 0.5) is 40.4 Å². The lowest BCUT2D eigenvalue weighted by Crippen LogP contribution is -2.25. The van der Waals surface area contributed by atoms with E-state index in [2.05, 4.69) is 45.9 Å². The predicted octanol–water partition coefficient (Wildman–Crippen LogP) is 9.91. The maximum Gasteiger partial charge on any atom is 0.288 e. The molecule has 6 heterocycles. The molecule has 0 aliphatic rings. The van der Waals surface area contributed by atoms with Crippen molar-refractivity contribution in [3.05, 3.63) is 191 Å². The molecule has 6 amide bonds. The largest absolute Gasteiger partial charge is 0.431 e. The Morgan fingerprint density at radius 2 is 0.782 bits per heavy atom. The van der Waals surface area contributed by atoms with Crippen molar-refractivity contribution in [2.75, 3.05) is 41.6 Å². The molecule has 3 aromatic carbocycles. The number of amides is 6. The number of halogens is 5. The molecular formula is C60H56ClF4N13O9. The number of oxazole rings is 3. The van der Waals surface area contributed by atoms with Crippen molar-refractivity contribution in [2.24, 2.45) is 0 Å². The molecule has 0 aliphatic heterocycles. The zero-order valence-corrected chi connectivity index (χ0v) is 48.3. The summed E-state index contributed by atoms with van der Waals surface area (Å²) in [6, 6.07) is 22.1. The van der Waals surface area contributed by atoms with Crippen molar-refractivity contribution in [1.29, 1.82) is 0 Å². The minimum atomic E-state index is -0.611. The number of nitrogens with zero attached hydrogens (tertiary/aromatic N) is 9. The first kappa shape index (κ1) is 63.9. The fourth-order valence-corrected chi connectivity index (χ4v) is 7.87. The Kier molecular flexibility index (Phi) is 21.9. The molecule has 0 fully saturated rings. The second kappa shape index (κ2) is 29.8. The van der Waals surface area contributed by atoms with E-state index in [0.717, 1.165) is 11.1 Å². The Hall–Kier alpha value is -10.6. The van der Waals surface area contributed by atoms with E-state index in [1.165, 1.54) is 109 Å². The lowest BCUT2D eigenvalue weighted by Gasteiger charge is -2.17. The highest BCUT2D eigenvalue weighted by atomic mass is 35.5. The van der Waals surface area contributed by atoms with Gasteiger partial charge in [-0.2, -0.15) is 4.39 Å². The minimum absolute atomic E-state index is 0.00818. The Labute approximate surface area is 499 Å². The van der Waals surface area contributed by atoms with Crippen molar-refractivity contribution in [2.45, 2.75) is 59.7 Å². The number of nitrogens with two attached hydrogens (primary N) is 1. The Balaban J connectivity index is 0.000000186. The van der Waals surface area contributed by atoms with Crippen LogP contribution in [0.2, 0.25) is 5.15 Å². The maximum absolute atomic E-state index is 14.4. The molecule has 22 nitrogen and oxygen atoms in total. The Morgan fingerprint density at radius 1 is 0.448 bits per heavy atom. The Morgan fingerprint density at radius 3 is 1.07 bits per heavy atom. The number of carbonyl (C=O) groups excluding carboxylic acids is 6. The summed E-state index contributed by atoms with van der Waals surface area (Å²) in [4.78, 5) is 99.1. The molecule has 27 heteroatoms. The van der Waals surface area contributed by atoms with Gasteiger partial charge >= 0.3 is 0 Å². The summed E-state index contributed by atoms with van der Waals surface area (Å²) in [5, 5.41) is 8.33. The van der Waals surface area contributed by atoms with Crippen molar-refractivity contribution in [3.63, 3.8) is 0 Å². The van der Waals surface area contributed by atoms with Crippen molar-refractivity contribution in [3.8, 4) is 34.4 Å². The summed E-state index contributed by atoms with van der Waals surface area (Å²) in [5.74, 6) is -3.92. The van der Waals surface area contributed by atoms with Gasteiger partial charge in [0.15, 0.2) is 0 Å². The van der Waals surface area contributed by atoms with Gasteiger partial charge < -0.3 is 49.6 Å². The Bertz CT molecular complexity index is 3500. The van der Waals surface area contributed by atoms with Gasteiger partial charge in [-0.15, -0.1) is 0 Å². The number of carbonyl (C=O) groups is 6. The van der Waals surface area contributed by atoms with E-state index in [-0.39, 0.29) is 109 Å². The van der Waals surface area contributed by atoms with E-state index < -0.39 is 41.1 Å². The lowest BCUT2D eigenvalue weighted by molar-refractivity contribution is -0.118. The second-order valence-electron chi connectivity index (χ2n) is 18.6. The van der Waals surface area contributed by atoms with Gasteiger partial charge in [0.1, 0.15) is 28.4 Å². The van der Waals surface area contributed by atoms with Crippen LogP contribution in [0.15, 0.2) is 141 Å². The van der Waals surface area contributed by atoms with E-state index in [1.54, 1.807) is 75.6 Å². The number of nitrogens with one attached hydrogen (secondary N) is 3. The summed E-state index contributed by atoms with van der Waals surface area (Å²) in [6.07, 6.45) is 8.98. The highest BCUT2D eigenvalue weighted by Gasteiger charge is 2.22. The zero-order valence-electron chi connectivity index (χ0n) is 47.5. The summed E-state index contributed by atoms with van der Waals surface area (Å²) in [7, 11) is 4.51. The van der Waals surface area contributed by atoms with Crippen LogP contribution in [0.3, 0.4) is 0 Å². The van der Waals surface area contributed by atoms with Gasteiger partial charge in [-0.05, 0) is 89.5 Å².